The molecule has 0 heterocycles. The number of hydrogen-bond acceptors (Lipinski definition) is 4. The molecule has 0 saturated carbocycles. The van der Waals surface area contributed by atoms with Crippen molar-refractivity contribution in [3.63, 3.8) is 0 Å². The number of carboxylic acid groups (broad SMARTS) is 1. The van der Waals surface area contributed by atoms with Gasteiger partial charge in [0, 0.05) is 23.0 Å². The van der Waals surface area contributed by atoms with Gasteiger partial charge >= 0.3 is 12.0 Å². The second kappa shape index (κ2) is 6.77. The zero-order valence-corrected chi connectivity index (χ0v) is 13.0. The number of nitrogens with one attached hydrogen (secondary N) is 2. The Morgan fingerprint density at radius 3 is 2.48 bits per heavy atom. The van der Waals surface area contributed by atoms with E-state index in [2.05, 4.69) is 10.6 Å². The summed E-state index contributed by atoms with van der Waals surface area (Å²) in [5, 5.41) is 13.9. The van der Waals surface area contributed by atoms with E-state index < -0.39 is 27.9 Å². The fourth-order valence-corrected chi connectivity index (χ4v) is 2.90. The number of carbonyl (C=O) groups is 2. The van der Waals surface area contributed by atoms with Crippen molar-refractivity contribution in [2.75, 3.05) is 17.3 Å². The van der Waals surface area contributed by atoms with Gasteiger partial charge in [-0.3, -0.25) is 0 Å². The third kappa shape index (κ3) is 6.46. The van der Waals surface area contributed by atoms with Crippen LogP contribution in [0.1, 0.15) is 17.3 Å². The molecule has 0 aromatic heterocycles. The van der Waals surface area contributed by atoms with Crippen molar-refractivity contribution in [2.24, 2.45) is 0 Å². The van der Waals surface area contributed by atoms with Crippen molar-refractivity contribution < 1.29 is 23.1 Å². The van der Waals surface area contributed by atoms with E-state index in [-0.39, 0.29) is 22.0 Å². The van der Waals surface area contributed by atoms with Crippen LogP contribution in [0.5, 0.6) is 0 Å². The fourth-order valence-electron chi connectivity index (χ4n) is 1.67. The Hall–Kier alpha value is -1.80. The first-order valence-corrected chi connectivity index (χ1v) is 8.30. The van der Waals surface area contributed by atoms with Gasteiger partial charge in [0.25, 0.3) is 0 Å². The number of benzene rings is 1. The average Bonchev–Trinajstić information content (AvgIpc) is 2.24. The summed E-state index contributed by atoms with van der Waals surface area (Å²) in [6.07, 6.45) is 1.07. The molecule has 0 bridgehead atoms. The number of amides is 2. The van der Waals surface area contributed by atoms with Crippen molar-refractivity contribution in [3.05, 3.63) is 28.8 Å². The van der Waals surface area contributed by atoms with Crippen molar-refractivity contribution in [1.82, 2.24) is 5.32 Å². The van der Waals surface area contributed by atoms with Gasteiger partial charge in [-0.25, -0.2) is 18.0 Å². The maximum atomic E-state index is 11.7. The van der Waals surface area contributed by atoms with Crippen LogP contribution in [-0.4, -0.2) is 43.6 Å². The van der Waals surface area contributed by atoms with E-state index in [0.717, 1.165) is 6.26 Å². The molecule has 3 N–H and O–H groups in total. The first-order valence-electron chi connectivity index (χ1n) is 5.86. The number of aromatic carboxylic acids is 1. The van der Waals surface area contributed by atoms with E-state index in [0.29, 0.717) is 0 Å². The minimum Gasteiger partial charge on any atom is -0.478 e. The van der Waals surface area contributed by atoms with Crippen LogP contribution in [0.2, 0.25) is 5.02 Å². The highest BCUT2D eigenvalue weighted by molar-refractivity contribution is 7.90. The lowest BCUT2D eigenvalue weighted by Gasteiger charge is -2.14. The summed E-state index contributed by atoms with van der Waals surface area (Å²) in [5.41, 5.74) is 0.131. The highest BCUT2D eigenvalue weighted by Gasteiger charge is 2.14. The van der Waals surface area contributed by atoms with E-state index >= 15 is 0 Å². The van der Waals surface area contributed by atoms with Crippen LogP contribution in [0.15, 0.2) is 18.2 Å². The Labute approximate surface area is 127 Å². The van der Waals surface area contributed by atoms with Gasteiger partial charge in [-0.2, -0.15) is 0 Å². The summed E-state index contributed by atoms with van der Waals surface area (Å²) >= 11 is 5.76. The van der Waals surface area contributed by atoms with E-state index in [1.54, 1.807) is 6.92 Å². The maximum absolute atomic E-state index is 11.7. The zero-order valence-electron chi connectivity index (χ0n) is 11.4. The van der Waals surface area contributed by atoms with Crippen molar-refractivity contribution >= 4 is 39.1 Å². The van der Waals surface area contributed by atoms with Crippen molar-refractivity contribution in [2.45, 2.75) is 13.0 Å². The Morgan fingerprint density at radius 2 is 1.95 bits per heavy atom. The van der Waals surface area contributed by atoms with Crippen LogP contribution in [0, 0.1) is 0 Å². The molecule has 0 saturated heterocycles. The van der Waals surface area contributed by atoms with Crippen LogP contribution >= 0.6 is 11.6 Å². The molecule has 0 spiro atoms. The summed E-state index contributed by atoms with van der Waals surface area (Å²) < 4.78 is 22.2. The second-order valence-electron chi connectivity index (χ2n) is 4.63. The quantitative estimate of drug-likeness (QED) is 0.757. The molecule has 0 radical (unpaired) electrons. The Balaban J connectivity index is 2.73. The van der Waals surface area contributed by atoms with Gasteiger partial charge in [0.2, 0.25) is 0 Å². The number of carbonyl (C=O) groups excluding carboxylic acids is 1. The van der Waals surface area contributed by atoms with E-state index in [4.69, 9.17) is 16.7 Å². The number of carboxylic acids is 1. The summed E-state index contributed by atoms with van der Waals surface area (Å²) in [7, 11) is -3.21. The minimum atomic E-state index is -3.21. The molecule has 2 amide bonds. The molecular formula is C12H15ClN2O5S. The first-order chi connectivity index (χ1) is 9.56. The monoisotopic (exact) mass is 334 g/mol. The van der Waals surface area contributed by atoms with Crippen molar-refractivity contribution in [1.29, 1.82) is 0 Å². The predicted octanol–water partition coefficient (Wildman–Crippen LogP) is 1.59. The van der Waals surface area contributed by atoms with Crippen LogP contribution in [0.25, 0.3) is 0 Å². The average molecular weight is 335 g/mol. The maximum Gasteiger partial charge on any atom is 0.335 e. The smallest absolute Gasteiger partial charge is 0.335 e. The SMILES string of the molecule is CC(CS(C)(=O)=O)NC(=O)Nc1cc(Cl)cc(C(=O)O)c1. The standard InChI is InChI=1S/C12H15ClN2O5S/c1-7(6-21(2,19)20)14-12(18)15-10-4-8(11(16)17)3-9(13)5-10/h3-5,7H,6H2,1-2H3,(H,16,17)(H2,14,15,18). The zero-order chi connectivity index (χ0) is 16.2. The third-order valence-electron chi connectivity index (χ3n) is 2.33. The fraction of sp³-hybridized carbons (Fsp3) is 0.333. The lowest BCUT2D eigenvalue weighted by molar-refractivity contribution is 0.0697. The highest BCUT2D eigenvalue weighted by atomic mass is 35.5. The molecule has 21 heavy (non-hydrogen) atoms. The molecule has 9 heteroatoms. The Bertz CT molecular complexity index is 660. The third-order valence-corrected chi connectivity index (χ3v) is 3.66. The molecule has 0 aliphatic rings. The molecule has 1 atom stereocenters. The molecule has 7 nitrogen and oxygen atoms in total. The second-order valence-corrected chi connectivity index (χ2v) is 7.25. The molecule has 0 fully saturated rings. The number of anilines is 1. The van der Waals surface area contributed by atoms with Gasteiger partial charge < -0.3 is 15.7 Å². The van der Waals surface area contributed by atoms with Gasteiger partial charge in [-0.1, -0.05) is 11.6 Å². The summed E-state index contributed by atoms with van der Waals surface area (Å²) in [4.78, 5) is 22.6. The van der Waals surface area contributed by atoms with Crippen LogP contribution in [-0.2, 0) is 9.84 Å². The van der Waals surface area contributed by atoms with Crippen LogP contribution in [0.4, 0.5) is 10.5 Å². The molecule has 1 aromatic rings. The van der Waals surface area contributed by atoms with E-state index in [1.807, 2.05) is 0 Å². The number of halogens is 1. The molecule has 0 aliphatic heterocycles. The molecule has 1 unspecified atom stereocenters. The van der Waals surface area contributed by atoms with E-state index in [9.17, 15) is 18.0 Å². The summed E-state index contributed by atoms with van der Waals surface area (Å²) in [6.45, 7) is 1.54. The normalized spacial score (nSPS) is 12.5. The van der Waals surface area contributed by atoms with Gasteiger partial charge in [-0.15, -0.1) is 0 Å². The van der Waals surface area contributed by atoms with Crippen LogP contribution < -0.4 is 10.6 Å². The van der Waals surface area contributed by atoms with E-state index in [1.165, 1.54) is 18.2 Å². The van der Waals surface area contributed by atoms with Gasteiger partial charge in [0.05, 0.1) is 11.3 Å². The summed E-state index contributed by atoms with van der Waals surface area (Å²) in [5.74, 6) is -1.37. The Kier molecular flexibility index (Phi) is 5.56. The molecule has 1 rings (SSSR count). The van der Waals surface area contributed by atoms with Crippen LogP contribution in [0.3, 0.4) is 0 Å². The summed E-state index contributed by atoms with van der Waals surface area (Å²) in [6, 6.07) is 2.64. The largest absolute Gasteiger partial charge is 0.478 e. The number of urea groups is 1. The number of rotatable bonds is 5. The highest BCUT2D eigenvalue weighted by Crippen LogP contribution is 2.19. The number of sulfone groups is 1. The minimum absolute atomic E-state index is 0.0676. The lowest BCUT2D eigenvalue weighted by Crippen LogP contribution is -2.39. The van der Waals surface area contributed by atoms with Gasteiger partial charge in [0.1, 0.15) is 9.84 Å². The van der Waals surface area contributed by atoms with Crippen molar-refractivity contribution in [3.8, 4) is 0 Å². The Morgan fingerprint density at radius 1 is 1.33 bits per heavy atom. The predicted molar refractivity (Wildman–Crippen MR) is 79.7 cm³/mol. The first kappa shape index (κ1) is 17.3. The van der Waals surface area contributed by atoms with Gasteiger partial charge in [0.15, 0.2) is 0 Å². The topological polar surface area (TPSA) is 113 Å². The molecular weight excluding hydrogens is 320 g/mol. The molecule has 1 aromatic carbocycles. The number of hydrogen-bond donors (Lipinski definition) is 3. The van der Waals surface area contributed by atoms with Gasteiger partial charge in [-0.05, 0) is 25.1 Å². The molecule has 0 aliphatic carbocycles. The lowest BCUT2D eigenvalue weighted by atomic mass is 10.2. The molecule has 116 valence electrons.